The van der Waals surface area contributed by atoms with Crippen molar-refractivity contribution in [1.29, 1.82) is 0 Å². The lowest BCUT2D eigenvalue weighted by Crippen LogP contribution is -2.47. The van der Waals surface area contributed by atoms with Crippen LogP contribution < -0.4 is 0 Å². The van der Waals surface area contributed by atoms with Gasteiger partial charge in [0.1, 0.15) is 0 Å². The highest BCUT2D eigenvalue weighted by molar-refractivity contribution is 5.81. The molecule has 2 fully saturated rings. The van der Waals surface area contributed by atoms with Crippen molar-refractivity contribution in [3.05, 3.63) is 35.4 Å². The Morgan fingerprint density at radius 3 is 2.62 bits per heavy atom. The van der Waals surface area contributed by atoms with Crippen LogP contribution in [0.4, 0.5) is 0 Å². The highest BCUT2D eigenvalue weighted by Crippen LogP contribution is 2.35. The van der Waals surface area contributed by atoms with Crippen molar-refractivity contribution in [3.63, 3.8) is 0 Å². The molecule has 2 heterocycles. The number of piperidine rings is 1. The maximum Gasteiger partial charge on any atom is 0.308 e. The topological polar surface area (TPSA) is 66.8 Å². The van der Waals surface area contributed by atoms with Gasteiger partial charge in [0, 0.05) is 19.7 Å². The third kappa shape index (κ3) is 3.61. The average Bonchev–Trinajstić information content (AvgIpc) is 2.62. The van der Waals surface area contributed by atoms with E-state index >= 15 is 0 Å². The molecule has 1 aromatic carbocycles. The lowest BCUT2D eigenvalue weighted by atomic mass is 9.87. The summed E-state index contributed by atoms with van der Waals surface area (Å²) in [6, 6.07) is 8.14. The minimum absolute atomic E-state index is 0.0474. The van der Waals surface area contributed by atoms with Crippen molar-refractivity contribution in [2.45, 2.75) is 38.7 Å². The summed E-state index contributed by atoms with van der Waals surface area (Å²) in [5.74, 6) is -1.41. The smallest absolute Gasteiger partial charge is 0.308 e. The van der Waals surface area contributed by atoms with E-state index in [0.29, 0.717) is 26.1 Å². The van der Waals surface area contributed by atoms with Crippen LogP contribution in [0.1, 0.15) is 42.9 Å². The van der Waals surface area contributed by atoms with Crippen LogP contribution in [0.15, 0.2) is 24.3 Å². The Hall–Kier alpha value is -1.88. The van der Waals surface area contributed by atoms with Crippen LogP contribution in [0.25, 0.3) is 0 Å². The number of ether oxygens (including phenoxy) is 1. The first-order chi connectivity index (χ1) is 11.6. The first-order valence-corrected chi connectivity index (χ1v) is 8.76. The molecule has 0 radical (unpaired) electrons. The molecule has 1 aromatic rings. The minimum atomic E-state index is -0.803. The van der Waals surface area contributed by atoms with E-state index in [2.05, 4.69) is 0 Å². The first-order valence-electron chi connectivity index (χ1n) is 8.76. The fourth-order valence-corrected chi connectivity index (χ4v) is 3.73. The number of aryl methyl sites for hydroxylation is 1. The number of hydrogen-bond acceptors (Lipinski definition) is 3. The van der Waals surface area contributed by atoms with Gasteiger partial charge in [0.2, 0.25) is 5.91 Å². The second-order valence-corrected chi connectivity index (χ2v) is 6.91. The van der Waals surface area contributed by atoms with E-state index < -0.39 is 11.9 Å². The predicted octanol–water partition coefficient (Wildman–Crippen LogP) is 2.79. The van der Waals surface area contributed by atoms with Gasteiger partial charge in [-0.3, -0.25) is 9.59 Å². The number of carboxylic acid groups (broad SMARTS) is 1. The molecule has 5 nitrogen and oxygen atoms in total. The number of nitrogens with zero attached hydrogens (tertiary/aromatic N) is 1. The quantitative estimate of drug-likeness (QED) is 0.925. The molecule has 0 unspecified atom stereocenters. The average molecular weight is 331 g/mol. The number of carbonyl (C=O) groups is 2. The number of rotatable bonds is 3. The molecular formula is C19H25NO4. The largest absolute Gasteiger partial charge is 0.481 e. The predicted molar refractivity (Wildman–Crippen MR) is 89.5 cm³/mol. The van der Waals surface area contributed by atoms with Gasteiger partial charge in [-0.15, -0.1) is 0 Å². The SMILES string of the molecule is Cc1ccc([C@@H]2OCCC[C@H]2C(=O)N2CCC[C@@H](C(=O)O)C2)cc1. The second-order valence-electron chi connectivity index (χ2n) is 6.91. The van der Waals surface area contributed by atoms with Crippen LogP contribution in [0.3, 0.4) is 0 Å². The molecule has 0 saturated carbocycles. The Morgan fingerprint density at radius 2 is 1.92 bits per heavy atom. The number of carboxylic acids is 1. The maximum atomic E-state index is 13.0. The summed E-state index contributed by atoms with van der Waals surface area (Å²) in [5.41, 5.74) is 2.21. The van der Waals surface area contributed by atoms with Gasteiger partial charge < -0.3 is 14.7 Å². The molecule has 1 amide bonds. The molecule has 5 heteroatoms. The summed E-state index contributed by atoms with van der Waals surface area (Å²) in [5, 5.41) is 9.24. The molecule has 0 bridgehead atoms. The molecule has 1 N–H and O–H groups in total. The Bertz CT molecular complexity index is 598. The standard InChI is InChI=1S/C19H25NO4/c1-13-6-8-14(9-7-13)17-16(5-3-11-24-17)18(21)20-10-2-4-15(12-20)19(22)23/h6-9,15-17H,2-5,10-12H2,1H3,(H,22,23)/t15-,16-,17+/m1/s1. The molecule has 2 saturated heterocycles. The Kier molecular flexibility index (Phi) is 5.19. The van der Waals surface area contributed by atoms with Crippen LogP contribution in [0, 0.1) is 18.8 Å². The molecule has 24 heavy (non-hydrogen) atoms. The number of carbonyl (C=O) groups excluding carboxylic acids is 1. The van der Waals surface area contributed by atoms with Gasteiger partial charge >= 0.3 is 5.97 Å². The van der Waals surface area contributed by atoms with Crippen LogP contribution >= 0.6 is 0 Å². The van der Waals surface area contributed by atoms with Crippen molar-refractivity contribution in [3.8, 4) is 0 Å². The van der Waals surface area contributed by atoms with Gasteiger partial charge in [-0.05, 0) is 38.2 Å². The molecule has 3 atom stereocenters. The number of amides is 1. The number of aliphatic carboxylic acids is 1. The van der Waals surface area contributed by atoms with Crippen molar-refractivity contribution >= 4 is 11.9 Å². The molecule has 2 aliphatic rings. The van der Waals surface area contributed by atoms with E-state index in [-0.39, 0.29) is 17.9 Å². The highest BCUT2D eigenvalue weighted by atomic mass is 16.5. The lowest BCUT2D eigenvalue weighted by molar-refractivity contribution is -0.151. The minimum Gasteiger partial charge on any atom is -0.481 e. The van der Waals surface area contributed by atoms with E-state index in [1.165, 1.54) is 5.56 Å². The zero-order valence-electron chi connectivity index (χ0n) is 14.1. The van der Waals surface area contributed by atoms with Gasteiger partial charge in [0.15, 0.2) is 0 Å². The van der Waals surface area contributed by atoms with Gasteiger partial charge in [-0.1, -0.05) is 29.8 Å². The van der Waals surface area contributed by atoms with E-state index in [9.17, 15) is 14.7 Å². The Balaban J connectivity index is 1.76. The maximum absolute atomic E-state index is 13.0. The molecule has 3 rings (SSSR count). The summed E-state index contributed by atoms with van der Waals surface area (Å²) >= 11 is 0. The van der Waals surface area contributed by atoms with E-state index in [1.54, 1.807) is 4.90 Å². The first kappa shape index (κ1) is 17.0. The van der Waals surface area contributed by atoms with Crippen LogP contribution in [0.2, 0.25) is 0 Å². The van der Waals surface area contributed by atoms with E-state index in [1.807, 2.05) is 31.2 Å². The molecule has 2 aliphatic heterocycles. The number of hydrogen-bond donors (Lipinski definition) is 1. The molecule has 130 valence electrons. The van der Waals surface area contributed by atoms with Crippen LogP contribution in [-0.2, 0) is 14.3 Å². The van der Waals surface area contributed by atoms with Gasteiger partial charge in [0.25, 0.3) is 0 Å². The summed E-state index contributed by atoms with van der Waals surface area (Å²) in [6.45, 7) is 3.68. The molecular weight excluding hydrogens is 306 g/mol. The third-order valence-corrected chi connectivity index (χ3v) is 5.13. The Labute approximate surface area is 142 Å². The monoisotopic (exact) mass is 331 g/mol. The molecule has 0 aromatic heterocycles. The van der Waals surface area contributed by atoms with E-state index in [4.69, 9.17) is 4.74 Å². The highest BCUT2D eigenvalue weighted by Gasteiger charge is 2.38. The summed E-state index contributed by atoms with van der Waals surface area (Å²) in [4.78, 5) is 26.0. The van der Waals surface area contributed by atoms with Crippen LogP contribution in [-0.4, -0.2) is 41.6 Å². The van der Waals surface area contributed by atoms with Crippen molar-refractivity contribution in [1.82, 2.24) is 4.90 Å². The lowest BCUT2D eigenvalue weighted by Gasteiger charge is -2.37. The van der Waals surface area contributed by atoms with Gasteiger partial charge in [0.05, 0.1) is 17.9 Å². The second kappa shape index (κ2) is 7.34. The fourth-order valence-electron chi connectivity index (χ4n) is 3.73. The zero-order valence-corrected chi connectivity index (χ0v) is 14.1. The molecule has 0 aliphatic carbocycles. The Morgan fingerprint density at radius 1 is 1.17 bits per heavy atom. The van der Waals surface area contributed by atoms with Gasteiger partial charge in [-0.2, -0.15) is 0 Å². The summed E-state index contributed by atoms with van der Waals surface area (Å²) in [6.07, 6.45) is 2.85. The normalized spacial score (nSPS) is 27.7. The molecule has 0 spiro atoms. The zero-order chi connectivity index (χ0) is 17.1. The van der Waals surface area contributed by atoms with Crippen molar-refractivity contribution in [2.24, 2.45) is 11.8 Å². The summed E-state index contributed by atoms with van der Waals surface area (Å²) < 4.78 is 5.94. The van der Waals surface area contributed by atoms with Gasteiger partial charge in [-0.25, -0.2) is 0 Å². The van der Waals surface area contributed by atoms with Crippen molar-refractivity contribution < 1.29 is 19.4 Å². The summed E-state index contributed by atoms with van der Waals surface area (Å²) in [7, 11) is 0. The third-order valence-electron chi connectivity index (χ3n) is 5.13. The number of likely N-dealkylation sites (tertiary alicyclic amines) is 1. The fraction of sp³-hybridized carbons (Fsp3) is 0.579. The number of benzene rings is 1. The van der Waals surface area contributed by atoms with Crippen molar-refractivity contribution in [2.75, 3.05) is 19.7 Å². The van der Waals surface area contributed by atoms with Crippen LogP contribution in [0.5, 0.6) is 0 Å². The van der Waals surface area contributed by atoms with E-state index in [0.717, 1.165) is 24.8 Å².